The molecule has 1 rings (SSSR count). The molecule has 0 N–H and O–H groups in total. The minimum atomic E-state index is -1.82. The molecule has 0 aliphatic carbocycles. The molecular formula is C15H33BN2SSn. The first-order valence-corrected chi connectivity index (χ1v) is 19.4. The van der Waals surface area contributed by atoms with Crippen LogP contribution >= 0.6 is 11.8 Å². The summed E-state index contributed by atoms with van der Waals surface area (Å²) in [7, 11) is 0. The zero-order valence-electron chi connectivity index (χ0n) is 14.5. The molecule has 116 valence electrons. The van der Waals surface area contributed by atoms with Gasteiger partial charge in [-0.15, -0.1) is 0 Å². The number of thioether (sulfide) groups is 1. The first-order valence-electron chi connectivity index (χ1n) is 8.20. The number of rotatable bonds is 8. The predicted molar refractivity (Wildman–Crippen MR) is 99.2 cm³/mol. The molecule has 1 aliphatic heterocycles. The van der Waals surface area contributed by atoms with Gasteiger partial charge in [0.25, 0.3) is 0 Å². The Morgan fingerprint density at radius 3 is 1.65 bits per heavy atom. The molecule has 0 aromatic heterocycles. The number of hydrogen-bond donors (Lipinski definition) is 0. The van der Waals surface area contributed by atoms with Crippen LogP contribution in [0.3, 0.4) is 0 Å². The van der Waals surface area contributed by atoms with Crippen LogP contribution in [0.4, 0.5) is 0 Å². The van der Waals surface area contributed by atoms with Crippen molar-refractivity contribution in [3.8, 4) is 0 Å². The number of nitrogens with zero attached hydrogens (tertiary/aromatic N) is 2. The molecule has 0 saturated heterocycles. The van der Waals surface area contributed by atoms with E-state index in [4.69, 9.17) is 0 Å². The van der Waals surface area contributed by atoms with Crippen molar-refractivity contribution < 1.29 is 0 Å². The molecule has 2 unspecified atom stereocenters. The molecule has 0 saturated carbocycles. The van der Waals surface area contributed by atoms with E-state index in [0.29, 0.717) is 12.1 Å². The Balaban J connectivity index is 2.88. The molecule has 0 bridgehead atoms. The third kappa shape index (κ3) is 4.69. The standard InChI is InChI=1S/C12H24BN2S.3CH3.Sn/c1-5-14(6-2)13(15(7-3)8-4)12-10-9-11-16-12;;;;/h9-12H,5-8H2,1-4H3;3*1H3;. The van der Waals surface area contributed by atoms with E-state index >= 15 is 0 Å². The molecule has 1 heterocycles. The monoisotopic (exact) mass is 404 g/mol. The predicted octanol–water partition coefficient (Wildman–Crippen LogP) is 3.62. The molecule has 0 fully saturated rings. The normalized spacial score (nSPS) is 23.1. The van der Waals surface area contributed by atoms with Crippen LogP contribution in [0.25, 0.3) is 0 Å². The molecule has 20 heavy (non-hydrogen) atoms. The number of hydrogen-bond acceptors (Lipinski definition) is 3. The van der Waals surface area contributed by atoms with Crippen LogP contribution in [0.5, 0.6) is 0 Å². The summed E-state index contributed by atoms with van der Waals surface area (Å²) in [5, 5.41) is 0.649. The SMILES string of the molecule is CCN(CC)B(C1C=C[CH]([Sn]([CH3])([CH3])[CH3])S1)N(CC)CC. The third-order valence-corrected chi connectivity index (χ3v) is 16.8. The van der Waals surface area contributed by atoms with E-state index in [1.807, 2.05) is 0 Å². The van der Waals surface area contributed by atoms with Crippen molar-refractivity contribution >= 4 is 37.1 Å². The van der Waals surface area contributed by atoms with E-state index < -0.39 is 18.4 Å². The van der Waals surface area contributed by atoms with Crippen LogP contribution in [0, 0.1) is 0 Å². The van der Waals surface area contributed by atoms with E-state index in [1.165, 1.54) is 0 Å². The summed E-state index contributed by atoms with van der Waals surface area (Å²) in [5.41, 5.74) is 0. The molecule has 1 aliphatic rings. The Bertz CT molecular complexity index is 299. The third-order valence-electron chi connectivity index (χ3n) is 4.30. The Morgan fingerprint density at radius 2 is 1.35 bits per heavy atom. The zero-order valence-corrected chi connectivity index (χ0v) is 18.2. The van der Waals surface area contributed by atoms with E-state index in [0.717, 1.165) is 29.4 Å². The summed E-state index contributed by atoms with van der Waals surface area (Å²) in [6.45, 7) is 14.3. The average molecular weight is 403 g/mol. The van der Waals surface area contributed by atoms with Crippen molar-refractivity contribution in [2.75, 3.05) is 26.2 Å². The maximum atomic E-state index is 2.63. The first kappa shape index (κ1) is 18.9. The van der Waals surface area contributed by atoms with E-state index in [1.54, 1.807) is 0 Å². The average Bonchev–Trinajstić information content (AvgIpc) is 2.88. The van der Waals surface area contributed by atoms with Gasteiger partial charge in [0.2, 0.25) is 0 Å². The minimum absolute atomic E-state index is 0.569. The maximum absolute atomic E-state index is 2.63. The van der Waals surface area contributed by atoms with Crippen molar-refractivity contribution in [1.29, 1.82) is 0 Å². The van der Waals surface area contributed by atoms with Crippen molar-refractivity contribution in [3.05, 3.63) is 12.2 Å². The molecule has 0 amide bonds. The van der Waals surface area contributed by atoms with Gasteiger partial charge in [-0.1, -0.05) is 0 Å². The quantitative estimate of drug-likeness (QED) is 0.452. The Labute approximate surface area is 135 Å². The van der Waals surface area contributed by atoms with Gasteiger partial charge in [-0.2, -0.15) is 0 Å². The van der Waals surface area contributed by atoms with Gasteiger partial charge in [0.05, 0.1) is 0 Å². The summed E-state index contributed by atoms with van der Waals surface area (Å²) in [5.74, 6) is 0. The van der Waals surface area contributed by atoms with Gasteiger partial charge >= 0.3 is 136 Å². The van der Waals surface area contributed by atoms with Gasteiger partial charge in [0.1, 0.15) is 0 Å². The second-order valence-corrected chi connectivity index (χ2v) is 24.4. The van der Waals surface area contributed by atoms with Gasteiger partial charge in [-0.25, -0.2) is 0 Å². The summed E-state index contributed by atoms with van der Waals surface area (Å²) >= 11 is 0.424. The molecule has 5 heteroatoms. The molecular weight excluding hydrogens is 370 g/mol. The molecule has 0 radical (unpaired) electrons. The first-order chi connectivity index (χ1) is 9.38. The van der Waals surface area contributed by atoms with E-state index in [2.05, 4.69) is 76.0 Å². The van der Waals surface area contributed by atoms with Crippen molar-refractivity contribution in [2.24, 2.45) is 0 Å². The fraction of sp³-hybridized carbons (Fsp3) is 0.867. The van der Waals surface area contributed by atoms with Crippen molar-refractivity contribution in [2.45, 2.75) is 50.9 Å². The van der Waals surface area contributed by atoms with Gasteiger partial charge in [0.15, 0.2) is 0 Å². The second kappa shape index (κ2) is 8.49. The molecule has 2 atom stereocenters. The van der Waals surface area contributed by atoms with Crippen LogP contribution in [-0.2, 0) is 0 Å². The van der Waals surface area contributed by atoms with Crippen LogP contribution in [0.2, 0.25) is 14.8 Å². The van der Waals surface area contributed by atoms with Crippen molar-refractivity contribution in [3.63, 3.8) is 0 Å². The Morgan fingerprint density at radius 1 is 0.900 bits per heavy atom. The molecule has 2 nitrogen and oxygen atoms in total. The van der Waals surface area contributed by atoms with Crippen molar-refractivity contribution in [1.82, 2.24) is 9.62 Å². The van der Waals surface area contributed by atoms with E-state index in [9.17, 15) is 0 Å². The van der Waals surface area contributed by atoms with Crippen LogP contribution in [0.15, 0.2) is 12.2 Å². The Kier molecular flexibility index (Phi) is 8.03. The zero-order chi connectivity index (χ0) is 15.3. The van der Waals surface area contributed by atoms with Gasteiger partial charge in [-0.05, 0) is 0 Å². The van der Waals surface area contributed by atoms with Gasteiger partial charge in [-0.3, -0.25) is 0 Å². The molecule has 0 aromatic rings. The van der Waals surface area contributed by atoms with Crippen LogP contribution in [0.1, 0.15) is 27.7 Å². The van der Waals surface area contributed by atoms with Crippen LogP contribution in [-0.4, -0.2) is 69.6 Å². The topological polar surface area (TPSA) is 6.48 Å². The van der Waals surface area contributed by atoms with E-state index in [-0.39, 0.29) is 0 Å². The Hall–Kier alpha value is 0.874. The second-order valence-electron chi connectivity index (χ2n) is 6.63. The summed E-state index contributed by atoms with van der Waals surface area (Å²) in [6.07, 6.45) is 5.05. The fourth-order valence-corrected chi connectivity index (χ4v) is 11.4. The summed E-state index contributed by atoms with van der Waals surface area (Å²) < 4.78 is 0.850. The summed E-state index contributed by atoms with van der Waals surface area (Å²) in [6, 6.07) is 0. The fourth-order valence-electron chi connectivity index (χ4n) is 2.97. The molecule has 0 aromatic carbocycles. The molecule has 0 spiro atoms. The summed E-state index contributed by atoms with van der Waals surface area (Å²) in [4.78, 5) is 12.9. The van der Waals surface area contributed by atoms with Gasteiger partial charge < -0.3 is 0 Å². The van der Waals surface area contributed by atoms with Crippen LogP contribution < -0.4 is 0 Å². The van der Waals surface area contributed by atoms with Gasteiger partial charge in [0, 0.05) is 0 Å².